The zero-order valence-corrected chi connectivity index (χ0v) is 16.4. The number of aliphatic hydroxyl groups excluding tert-OH is 1. The maximum atomic E-state index is 11.8. The highest BCUT2D eigenvalue weighted by Gasteiger charge is 2.12. The molecule has 148 valence electrons. The van der Waals surface area contributed by atoms with Gasteiger partial charge in [-0.2, -0.15) is 5.10 Å². The molecule has 2 aromatic carbocycles. The molecule has 3 aromatic rings. The summed E-state index contributed by atoms with van der Waals surface area (Å²) >= 11 is 0. The summed E-state index contributed by atoms with van der Waals surface area (Å²) in [6.45, 7) is -0.516. The molecular weight excluding hydrogens is 374 g/mol. The van der Waals surface area contributed by atoms with Crippen LogP contribution in [0.3, 0.4) is 0 Å². The summed E-state index contributed by atoms with van der Waals surface area (Å²) < 4.78 is 0. The number of aliphatic imine (C=N–C) groups is 1. The van der Waals surface area contributed by atoms with E-state index in [0.29, 0.717) is 11.4 Å². The molecule has 5 nitrogen and oxygen atoms in total. The van der Waals surface area contributed by atoms with Crippen molar-refractivity contribution in [3.63, 3.8) is 0 Å². The Bertz CT molecular complexity index is 1150. The predicted molar refractivity (Wildman–Crippen MR) is 118 cm³/mol. The Labute approximate surface area is 175 Å². The SMILES string of the molecule is O=C(CO)c1cccc(-c2cnnc(N=C(C3=CCC=CC3)c3ccccc3)c2)c1. The summed E-state index contributed by atoms with van der Waals surface area (Å²) in [5.74, 6) is 0.182. The fraction of sp³-hybridized carbons (Fsp3) is 0.120. The van der Waals surface area contributed by atoms with Gasteiger partial charge in [-0.05, 0) is 36.1 Å². The van der Waals surface area contributed by atoms with Crippen molar-refractivity contribution in [3.05, 3.63) is 102 Å². The van der Waals surface area contributed by atoms with Crippen molar-refractivity contribution in [2.45, 2.75) is 12.8 Å². The number of ketones is 1. The quantitative estimate of drug-likeness (QED) is 0.372. The lowest BCUT2D eigenvalue weighted by Crippen LogP contribution is -2.06. The minimum Gasteiger partial charge on any atom is -0.388 e. The van der Waals surface area contributed by atoms with Crippen molar-refractivity contribution in [1.29, 1.82) is 0 Å². The number of allylic oxidation sites excluding steroid dienone is 4. The van der Waals surface area contributed by atoms with Crippen LogP contribution in [0.5, 0.6) is 0 Å². The van der Waals surface area contributed by atoms with E-state index in [1.807, 2.05) is 42.5 Å². The van der Waals surface area contributed by atoms with Crippen molar-refractivity contribution in [1.82, 2.24) is 10.2 Å². The number of aliphatic hydroxyl groups is 1. The lowest BCUT2D eigenvalue weighted by Gasteiger charge is -2.12. The Kier molecular flexibility index (Phi) is 6.01. The Morgan fingerprint density at radius 1 is 0.967 bits per heavy atom. The molecule has 30 heavy (non-hydrogen) atoms. The third-order valence-corrected chi connectivity index (χ3v) is 4.89. The number of hydrogen-bond donors (Lipinski definition) is 1. The molecule has 1 aromatic heterocycles. The highest BCUT2D eigenvalue weighted by molar-refractivity contribution is 6.13. The molecule has 0 radical (unpaired) electrons. The van der Waals surface area contributed by atoms with Crippen LogP contribution in [0.2, 0.25) is 0 Å². The van der Waals surface area contributed by atoms with Crippen LogP contribution in [0, 0.1) is 0 Å². The van der Waals surface area contributed by atoms with Gasteiger partial charge in [-0.3, -0.25) is 4.79 Å². The van der Waals surface area contributed by atoms with Gasteiger partial charge in [-0.15, -0.1) is 5.10 Å². The molecule has 1 aliphatic rings. The average Bonchev–Trinajstić information content (AvgIpc) is 2.83. The Hall–Kier alpha value is -3.70. The first-order valence-electron chi connectivity index (χ1n) is 9.80. The highest BCUT2D eigenvalue weighted by atomic mass is 16.3. The number of carbonyl (C=O) groups is 1. The summed E-state index contributed by atoms with van der Waals surface area (Å²) in [4.78, 5) is 16.7. The van der Waals surface area contributed by atoms with Gasteiger partial charge in [-0.25, -0.2) is 4.99 Å². The molecular formula is C25H21N3O2. The minimum absolute atomic E-state index is 0.319. The van der Waals surface area contributed by atoms with Crippen molar-refractivity contribution >= 4 is 17.3 Å². The number of nitrogens with zero attached hydrogens (tertiary/aromatic N) is 3. The van der Waals surface area contributed by atoms with Gasteiger partial charge < -0.3 is 5.11 Å². The minimum atomic E-state index is -0.516. The van der Waals surface area contributed by atoms with E-state index in [2.05, 4.69) is 28.4 Å². The second-order valence-electron chi connectivity index (χ2n) is 6.93. The van der Waals surface area contributed by atoms with E-state index in [-0.39, 0.29) is 5.78 Å². The lowest BCUT2D eigenvalue weighted by molar-refractivity contribution is 0.0904. The molecule has 0 amide bonds. The average molecular weight is 395 g/mol. The van der Waals surface area contributed by atoms with Crippen molar-refractivity contribution in [3.8, 4) is 11.1 Å². The molecule has 4 rings (SSSR count). The summed E-state index contributed by atoms with van der Waals surface area (Å²) in [7, 11) is 0. The van der Waals surface area contributed by atoms with Crippen LogP contribution in [0.15, 0.2) is 95.7 Å². The monoisotopic (exact) mass is 395 g/mol. The first-order chi connectivity index (χ1) is 14.7. The molecule has 0 spiro atoms. The Balaban J connectivity index is 1.74. The van der Waals surface area contributed by atoms with Crippen LogP contribution in [0.4, 0.5) is 5.82 Å². The maximum absolute atomic E-state index is 11.8. The van der Waals surface area contributed by atoms with Crippen LogP contribution < -0.4 is 0 Å². The van der Waals surface area contributed by atoms with Crippen LogP contribution in [-0.2, 0) is 0 Å². The van der Waals surface area contributed by atoms with Crippen LogP contribution in [0.1, 0.15) is 28.8 Å². The first-order valence-corrected chi connectivity index (χ1v) is 9.80. The van der Waals surface area contributed by atoms with Crippen LogP contribution in [-0.4, -0.2) is 33.4 Å². The van der Waals surface area contributed by atoms with E-state index in [1.54, 1.807) is 24.4 Å². The third-order valence-electron chi connectivity index (χ3n) is 4.89. The molecule has 0 saturated heterocycles. The first kappa shape index (κ1) is 19.6. The fourth-order valence-corrected chi connectivity index (χ4v) is 3.36. The molecule has 0 fully saturated rings. The second-order valence-corrected chi connectivity index (χ2v) is 6.93. The second kappa shape index (κ2) is 9.20. The van der Waals surface area contributed by atoms with Crippen molar-refractivity contribution < 1.29 is 9.90 Å². The highest BCUT2D eigenvalue weighted by Crippen LogP contribution is 2.25. The van der Waals surface area contributed by atoms with E-state index in [1.165, 1.54) is 0 Å². The van der Waals surface area contributed by atoms with E-state index < -0.39 is 6.61 Å². The number of Topliss-reactive ketones (excluding diaryl/α,β-unsaturated/α-hetero) is 1. The molecule has 0 aliphatic heterocycles. The van der Waals surface area contributed by atoms with Gasteiger partial charge in [0.25, 0.3) is 0 Å². The van der Waals surface area contributed by atoms with Gasteiger partial charge in [0.15, 0.2) is 11.6 Å². The number of benzene rings is 2. The molecule has 0 atom stereocenters. The molecule has 1 heterocycles. The molecule has 0 saturated carbocycles. The van der Waals surface area contributed by atoms with Crippen LogP contribution in [0.25, 0.3) is 11.1 Å². The van der Waals surface area contributed by atoms with Gasteiger partial charge in [0.1, 0.15) is 6.61 Å². The maximum Gasteiger partial charge on any atom is 0.188 e. The molecule has 5 heteroatoms. The number of aromatic nitrogens is 2. The smallest absolute Gasteiger partial charge is 0.188 e. The summed E-state index contributed by atoms with van der Waals surface area (Å²) in [6.07, 6.45) is 9.84. The van der Waals surface area contributed by atoms with Gasteiger partial charge in [-0.1, -0.05) is 66.8 Å². The van der Waals surface area contributed by atoms with Crippen LogP contribution >= 0.6 is 0 Å². The number of carbonyl (C=O) groups excluding carboxylic acids is 1. The van der Waals surface area contributed by atoms with Gasteiger partial charge >= 0.3 is 0 Å². The summed E-state index contributed by atoms with van der Waals surface area (Å²) in [5.41, 5.74) is 5.16. The molecule has 0 bridgehead atoms. The predicted octanol–water partition coefficient (Wildman–Crippen LogP) is 4.72. The molecule has 1 N–H and O–H groups in total. The topological polar surface area (TPSA) is 75.4 Å². The third kappa shape index (κ3) is 4.47. The molecule has 0 unspecified atom stereocenters. The summed E-state index contributed by atoms with van der Waals surface area (Å²) in [6, 6.07) is 19.0. The largest absolute Gasteiger partial charge is 0.388 e. The van der Waals surface area contributed by atoms with Crippen molar-refractivity contribution in [2.75, 3.05) is 6.61 Å². The number of rotatable bonds is 6. The fourth-order valence-electron chi connectivity index (χ4n) is 3.36. The standard InChI is InChI=1S/C25H21N3O2/c29-17-23(30)21-13-7-12-20(14-21)22-15-24(28-26-16-22)27-25(18-8-3-1-4-9-18)19-10-5-2-6-11-19/h1-5,7-9,11-16,29H,6,10,17H2. The Morgan fingerprint density at radius 3 is 2.57 bits per heavy atom. The van der Waals surface area contributed by atoms with Gasteiger partial charge in [0.2, 0.25) is 0 Å². The Morgan fingerprint density at radius 2 is 1.80 bits per heavy atom. The zero-order valence-electron chi connectivity index (χ0n) is 16.4. The van der Waals surface area contributed by atoms with E-state index in [0.717, 1.165) is 40.8 Å². The van der Waals surface area contributed by atoms with Gasteiger partial charge in [0, 0.05) is 16.7 Å². The number of hydrogen-bond acceptors (Lipinski definition) is 5. The lowest BCUT2D eigenvalue weighted by atomic mass is 9.96. The normalized spacial score (nSPS) is 13.8. The summed E-state index contributed by atoms with van der Waals surface area (Å²) in [5, 5.41) is 17.5. The van der Waals surface area contributed by atoms with Crippen molar-refractivity contribution in [2.24, 2.45) is 4.99 Å². The molecule has 1 aliphatic carbocycles. The zero-order chi connectivity index (χ0) is 20.8. The van der Waals surface area contributed by atoms with E-state index >= 15 is 0 Å². The van der Waals surface area contributed by atoms with Gasteiger partial charge in [0.05, 0.1) is 11.9 Å². The van der Waals surface area contributed by atoms with E-state index in [4.69, 9.17) is 10.1 Å². The van der Waals surface area contributed by atoms with E-state index in [9.17, 15) is 4.79 Å².